The van der Waals surface area contributed by atoms with Crippen LogP contribution in [-0.4, -0.2) is 27.3 Å². The Morgan fingerprint density at radius 1 is 1.45 bits per heavy atom. The van der Waals surface area contributed by atoms with Gasteiger partial charge in [0, 0.05) is 31.7 Å². The number of nitrogens with one attached hydrogen (secondary N) is 2. The molecule has 0 saturated carbocycles. The quantitative estimate of drug-likeness (QED) is 0.804. The summed E-state index contributed by atoms with van der Waals surface area (Å²) in [6.07, 6.45) is 6.78. The van der Waals surface area contributed by atoms with E-state index in [9.17, 15) is 4.79 Å². The van der Waals surface area contributed by atoms with Crippen LogP contribution in [0.3, 0.4) is 0 Å². The average Bonchev–Trinajstić information content (AvgIpc) is 3.06. The molecule has 0 aromatic carbocycles. The van der Waals surface area contributed by atoms with Gasteiger partial charge in [-0.15, -0.1) is 0 Å². The molecule has 2 rings (SSSR count). The van der Waals surface area contributed by atoms with Crippen LogP contribution in [0.5, 0.6) is 0 Å². The monoisotopic (exact) mass is 275 g/mol. The van der Waals surface area contributed by atoms with Crippen LogP contribution in [0.15, 0.2) is 30.7 Å². The molecule has 0 atom stereocenters. The average molecular weight is 275 g/mol. The highest BCUT2D eigenvalue weighted by atomic mass is 16.1. The predicted octanol–water partition coefficient (Wildman–Crippen LogP) is 1.45. The number of rotatable bonds is 7. The zero-order valence-corrected chi connectivity index (χ0v) is 12.0. The molecule has 0 aliphatic rings. The van der Waals surface area contributed by atoms with Crippen LogP contribution in [0.1, 0.15) is 19.0 Å². The van der Waals surface area contributed by atoms with E-state index in [0.717, 1.165) is 25.2 Å². The number of nitrogens with zero attached hydrogens (tertiary/aromatic N) is 3. The maximum atomic E-state index is 11.3. The topological polar surface area (TPSA) is 63.9 Å². The van der Waals surface area contributed by atoms with E-state index in [1.165, 1.54) is 5.69 Å². The van der Waals surface area contributed by atoms with Crippen molar-refractivity contribution in [1.29, 1.82) is 0 Å². The number of anilines is 1. The van der Waals surface area contributed by atoms with Gasteiger partial charge in [0.1, 0.15) is 6.54 Å². The molecule has 6 heteroatoms. The highest BCUT2D eigenvalue weighted by Crippen LogP contribution is 2.09. The number of aryl methyl sites for hydroxylation is 1. The highest BCUT2D eigenvalue weighted by Gasteiger charge is 2.04. The Kier molecular flexibility index (Phi) is 4.81. The van der Waals surface area contributed by atoms with E-state index in [1.54, 1.807) is 17.9 Å². The second-order valence-electron chi connectivity index (χ2n) is 4.65. The minimum Gasteiger partial charge on any atom is -0.377 e. The molecule has 0 aliphatic heterocycles. The number of carbonyl (C=O) groups is 1. The molecule has 6 nitrogen and oxygen atoms in total. The van der Waals surface area contributed by atoms with Crippen LogP contribution < -0.4 is 10.6 Å². The van der Waals surface area contributed by atoms with Crippen LogP contribution in [0, 0.1) is 0 Å². The molecule has 0 unspecified atom stereocenters. The van der Waals surface area contributed by atoms with E-state index in [4.69, 9.17) is 0 Å². The lowest BCUT2D eigenvalue weighted by atomic mass is 10.4. The standard InChI is InChI=1S/C14H21N5O/c1-3-6-18-7-4-5-13(18)9-16-12-8-17-19(10-12)11-14(20)15-2/h4-5,7-8,10,16H,3,6,9,11H2,1-2H3,(H,15,20). The van der Waals surface area contributed by atoms with Crippen LogP contribution >= 0.6 is 0 Å². The van der Waals surface area contributed by atoms with Crippen LogP contribution in [0.4, 0.5) is 5.69 Å². The maximum absolute atomic E-state index is 11.3. The first-order valence-electron chi connectivity index (χ1n) is 6.84. The Morgan fingerprint density at radius 3 is 3.05 bits per heavy atom. The lowest BCUT2D eigenvalue weighted by Crippen LogP contribution is -2.23. The molecule has 108 valence electrons. The molecule has 20 heavy (non-hydrogen) atoms. The van der Waals surface area contributed by atoms with Crippen molar-refractivity contribution < 1.29 is 4.79 Å². The number of hydrogen-bond donors (Lipinski definition) is 2. The molecular formula is C14H21N5O. The molecule has 2 aromatic heterocycles. The third-order valence-electron chi connectivity index (χ3n) is 3.08. The summed E-state index contributed by atoms with van der Waals surface area (Å²) in [4.78, 5) is 11.3. The Hall–Kier alpha value is -2.24. The number of aromatic nitrogens is 3. The van der Waals surface area contributed by atoms with Crippen molar-refractivity contribution in [3.05, 3.63) is 36.4 Å². The van der Waals surface area contributed by atoms with Gasteiger partial charge in [-0.25, -0.2) is 0 Å². The van der Waals surface area contributed by atoms with Crippen LogP contribution in [0.2, 0.25) is 0 Å². The molecule has 0 fully saturated rings. The molecule has 0 radical (unpaired) electrons. The summed E-state index contributed by atoms with van der Waals surface area (Å²) in [5, 5.41) is 10.0. The molecule has 2 heterocycles. The van der Waals surface area contributed by atoms with Gasteiger partial charge in [-0.3, -0.25) is 9.48 Å². The van der Waals surface area contributed by atoms with E-state index in [1.807, 2.05) is 6.20 Å². The van der Waals surface area contributed by atoms with Crippen molar-refractivity contribution >= 4 is 11.6 Å². The van der Waals surface area contributed by atoms with E-state index in [0.29, 0.717) is 0 Å². The third-order valence-corrected chi connectivity index (χ3v) is 3.08. The van der Waals surface area contributed by atoms with Crippen LogP contribution in [-0.2, 0) is 24.4 Å². The minimum atomic E-state index is -0.0588. The van der Waals surface area contributed by atoms with Gasteiger partial charge in [0.2, 0.25) is 5.91 Å². The summed E-state index contributed by atoms with van der Waals surface area (Å²) in [5.41, 5.74) is 2.16. The summed E-state index contributed by atoms with van der Waals surface area (Å²) in [6.45, 7) is 4.18. The summed E-state index contributed by atoms with van der Waals surface area (Å²) in [6, 6.07) is 4.17. The van der Waals surface area contributed by atoms with E-state index >= 15 is 0 Å². The Morgan fingerprint density at radius 2 is 2.30 bits per heavy atom. The molecular weight excluding hydrogens is 254 g/mol. The third kappa shape index (κ3) is 3.63. The molecule has 0 spiro atoms. The summed E-state index contributed by atoms with van der Waals surface area (Å²) >= 11 is 0. The van der Waals surface area contributed by atoms with Crippen molar-refractivity contribution in [2.75, 3.05) is 12.4 Å². The fourth-order valence-corrected chi connectivity index (χ4v) is 2.03. The van der Waals surface area contributed by atoms with Gasteiger partial charge in [-0.2, -0.15) is 5.10 Å². The van der Waals surface area contributed by atoms with Gasteiger partial charge >= 0.3 is 0 Å². The normalized spacial score (nSPS) is 10.5. The van der Waals surface area contributed by atoms with Crippen molar-refractivity contribution in [2.45, 2.75) is 33.0 Å². The van der Waals surface area contributed by atoms with Gasteiger partial charge in [-0.1, -0.05) is 6.92 Å². The smallest absolute Gasteiger partial charge is 0.241 e. The van der Waals surface area contributed by atoms with Gasteiger partial charge in [0.15, 0.2) is 0 Å². The highest BCUT2D eigenvalue weighted by molar-refractivity contribution is 5.75. The van der Waals surface area contributed by atoms with Crippen molar-refractivity contribution in [1.82, 2.24) is 19.7 Å². The SMILES string of the molecule is CCCn1cccc1CNc1cnn(CC(=O)NC)c1. The Balaban J connectivity index is 1.90. The molecule has 0 saturated heterocycles. The molecule has 0 aliphatic carbocycles. The van der Waals surface area contributed by atoms with Crippen LogP contribution in [0.25, 0.3) is 0 Å². The van der Waals surface area contributed by atoms with Crippen molar-refractivity contribution in [3.63, 3.8) is 0 Å². The summed E-state index contributed by atoms with van der Waals surface area (Å²) < 4.78 is 3.86. The van der Waals surface area contributed by atoms with Gasteiger partial charge < -0.3 is 15.2 Å². The summed E-state index contributed by atoms with van der Waals surface area (Å²) in [7, 11) is 1.62. The van der Waals surface area contributed by atoms with E-state index in [2.05, 4.69) is 45.6 Å². The first-order chi connectivity index (χ1) is 9.72. The van der Waals surface area contributed by atoms with Gasteiger partial charge in [0.25, 0.3) is 0 Å². The zero-order chi connectivity index (χ0) is 14.4. The second kappa shape index (κ2) is 6.79. The lowest BCUT2D eigenvalue weighted by Gasteiger charge is -2.08. The second-order valence-corrected chi connectivity index (χ2v) is 4.65. The predicted molar refractivity (Wildman–Crippen MR) is 78.3 cm³/mol. The fraction of sp³-hybridized carbons (Fsp3) is 0.429. The van der Waals surface area contributed by atoms with Gasteiger partial charge in [0.05, 0.1) is 18.4 Å². The van der Waals surface area contributed by atoms with E-state index in [-0.39, 0.29) is 12.5 Å². The Bertz CT molecular complexity index is 557. The van der Waals surface area contributed by atoms with Crippen molar-refractivity contribution in [2.24, 2.45) is 0 Å². The van der Waals surface area contributed by atoms with Gasteiger partial charge in [-0.05, 0) is 18.6 Å². The first-order valence-corrected chi connectivity index (χ1v) is 6.84. The van der Waals surface area contributed by atoms with E-state index < -0.39 is 0 Å². The number of hydrogen-bond acceptors (Lipinski definition) is 3. The fourth-order valence-electron chi connectivity index (χ4n) is 2.03. The number of carbonyl (C=O) groups excluding carboxylic acids is 1. The van der Waals surface area contributed by atoms with Crippen molar-refractivity contribution in [3.8, 4) is 0 Å². The lowest BCUT2D eigenvalue weighted by molar-refractivity contribution is -0.121. The summed E-state index contributed by atoms with van der Waals surface area (Å²) in [5.74, 6) is -0.0588. The number of amides is 1. The molecule has 2 aromatic rings. The first kappa shape index (κ1) is 14.2. The Labute approximate surface area is 118 Å². The molecule has 1 amide bonds. The number of likely N-dealkylation sites (N-methyl/N-ethyl adjacent to an activating group) is 1. The largest absolute Gasteiger partial charge is 0.377 e. The minimum absolute atomic E-state index is 0.0588. The zero-order valence-electron chi connectivity index (χ0n) is 12.0. The maximum Gasteiger partial charge on any atom is 0.241 e. The molecule has 2 N–H and O–H groups in total. The molecule has 0 bridgehead atoms.